The fourth-order valence-corrected chi connectivity index (χ4v) is 2.52. The highest BCUT2D eigenvalue weighted by atomic mass is 16.5. The summed E-state index contributed by atoms with van der Waals surface area (Å²) in [5, 5.41) is 3.07. The molecule has 4 nitrogen and oxygen atoms in total. The van der Waals surface area contributed by atoms with Crippen LogP contribution in [0.2, 0.25) is 0 Å². The zero-order valence-corrected chi connectivity index (χ0v) is 11.6. The monoisotopic (exact) mass is 242 g/mol. The van der Waals surface area contributed by atoms with Gasteiger partial charge in [-0.2, -0.15) is 0 Å². The summed E-state index contributed by atoms with van der Waals surface area (Å²) in [6.07, 6.45) is 4.46. The van der Waals surface area contributed by atoms with Crippen LogP contribution in [0.25, 0.3) is 0 Å². The van der Waals surface area contributed by atoms with E-state index in [4.69, 9.17) is 4.74 Å². The van der Waals surface area contributed by atoms with Crippen molar-refractivity contribution in [3.8, 4) is 0 Å². The van der Waals surface area contributed by atoms with Gasteiger partial charge in [0.2, 0.25) is 0 Å². The molecule has 0 bridgehead atoms. The Morgan fingerprint density at radius 1 is 1.59 bits per heavy atom. The Balaban J connectivity index is 2.35. The first-order chi connectivity index (χ1) is 8.03. The number of likely N-dealkylation sites (N-methyl/N-ethyl adjacent to an activating group) is 1. The normalized spacial score (nSPS) is 24.6. The molecule has 0 aromatic carbocycles. The quantitative estimate of drug-likeness (QED) is 0.715. The van der Waals surface area contributed by atoms with E-state index in [1.54, 1.807) is 0 Å². The van der Waals surface area contributed by atoms with Gasteiger partial charge in [-0.05, 0) is 59.7 Å². The predicted octanol–water partition coefficient (Wildman–Crippen LogP) is 1.40. The molecule has 0 aliphatic carbocycles. The third kappa shape index (κ3) is 3.68. The summed E-state index contributed by atoms with van der Waals surface area (Å²) in [6.45, 7) is 6.47. The van der Waals surface area contributed by atoms with E-state index in [0.717, 1.165) is 19.4 Å². The van der Waals surface area contributed by atoms with Crippen molar-refractivity contribution in [3.05, 3.63) is 0 Å². The Morgan fingerprint density at radius 2 is 2.29 bits per heavy atom. The van der Waals surface area contributed by atoms with Gasteiger partial charge in [-0.1, -0.05) is 0 Å². The molecule has 2 atom stereocenters. The Labute approximate surface area is 105 Å². The summed E-state index contributed by atoms with van der Waals surface area (Å²) < 4.78 is 4.83. The molecule has 1 rings (SSSR count). The molecule has 1 saturated heterocycles. The van der Waals surface area contributed by atoms with Gasteiger partial charge >= 0.3 is 5.97 Å². The van der Waals surface area contributed by atoms with Crippen LogP contribution in [-0.4, -0.2) is 49.7 Å². The van der Waals surface area contributed by atoms with Crippen LogP contribution in [0.15, 0.2) is 0 Å². The smallest absolute Gasteiger partial charge is 0.325 e. The molecule has 0 radical (unpaired) electrons. The molecule has 2 unspecified atom stereocenters. The molecule has 4 heteroatoms. The molecule has 0 spiro atoms. The number of methoxy groups -OCH3 is 1. The fourth-order valence-electron chi connectivity index (χ4n) is 2.52. The van der Waals surface area contributed by atoms with Crippen LogP contribution in [0.3, 0.4) is 0 Å². The van der Waals surface area contributed by atoms with Crippen molar-refractivity contribution in [2.75, 3.05) is 27.2 Å². The minimum absolute atomic E-state index is 0.172. The number of rotatable bonds is 6. The van der Waals surface area contributed by atoms with Gasteiger partial charge in [0.1, 0.15) is 5.54 Å². The van der Waals surface area contributed by atoms with Crippen molar-refractivity contribution in [1.82, 2.24) is 10.2 Å². The van der Waals surface area contributed by atoms with Gasteiger partial charge in [0.25, 0.3) is 0 Å². The fraction of sp³-hybridized carbons (Fsp3) is 0.923. The summed E-state index contributed by atoms with van der Waals surface area (Å²) in [4.78, 5) is 14.2. The van der Waals surface area contributed by atoms with Gasteiger partial charge in [-0.25, -0.2) is 0 Å². The van der Waals surface area contributed by atoms with Crippen LogP contribution in [0, 0.1) is 0 Å². The van der Waals surface area contributed by atoms with E-state index >= 15 is 0 Å². The molecular formula is C13H26N2O2. The number of likely N-dealkylation sites (tertiary alicyclic amines) is 1. The van der Waals surface area contributed by atoms with Crippen molar-refractivity contribution in [1.29, 1.82) is 0 Å². The summed E-state index contributed by atoms with van der Waals surface area (Å²) in [5.74, 6) is -0.172. The van der Waals surface area contributed by atoms with Crippen molar-refractivity contribution in [3.63, 3.8) is 0 Å². The third-order valence-electron chi connectivity index (χ3n) is 4.00. The number of nitrogens with zero attached hydrogens (tertiary/aromatic N) is 1. The minimum Gasteiger partial charge on any atom is -0.468 e. The standard InChI is InChI=1S/C13H26N2O2/c1-11-7-5-9-15(11)10-6-8-13(2,14-3)12(16)17-4/h11,14H,5-10H2,1-4H3. The maximum absolute atomic E-state index is 11.7. The Bertz CT molecular complexity index is 258. The molecule has 1 aliphatic heterocycles. The molecule has 0 saturated carbocycles. The summed E-state index contributed by atoms with van der Waals surface area (Å²) in [5.41, 5.74) is -0.544. The third-order valence-corrected chi connectivity index (χ3v) is 4.00. The van der Waals surface area contributed by atoms with Crippen molar-refractivity contribution in [2.24, 2.45) is 0 Å². The van der Waals surface area contributed by atoms with Gasteiger partial charge in [0.15, 0.2) is 0 Å². The lowest BCUT2D eigenvalue weighted by Gasteiger charge is -2.28. The first kappa shape index (κ1) is 14.5. The van der Waals surface area contributed by atoms with E-state index in [1.165, 1.54) is 26.5 Å². The van der Waals surface area contributed by atoms with E-state index in [2.05, 4.69) is 17.1 Å². The largest absolute Gasteiger partial charge is 0.468 e. The highest BCUT2D eigenvalue weighted by Crippen LogP contribution is 2.19. The molecule has 1 fully saturated rings. The van der Waals surface area contributed by atoms with Gasteiger partial charge in [-0.15, -0.1) is 0 Å². The lowest BCUT2D eigenvalue weighted by molar-refractivity contribution is -0.148. The number of carbonyl (C=O) groups excluding carboxylic acids is 1. The molecule has 1 N–H and O–H groups in total. The highest BCUT2D eigenvalue weighted by molar-refractivity contribution is 5.80. The number of esters is 1. The second kappa shape index (κ2) is 6.36. The van der Waals surface area contributed by atoms with Gasteiger partial charge in [0.05, 0.1) is 7.11 Å². The topological polar surface area (TPSA) is 41.6 Å². The lowest BCUT2D eigenvalue weighted by atomic mass is 9.96. The molecular weight excluding hydrogens is 216 g/mol. The SMILES string of the molecule is CNC(C)(CCCN1CCCC1C)C(=O)OC. The van der Waals surface area contributed by atoms with E-state index < -0.39 is 5.54 Å². The zero-order valence-electron chi connectivity index (χ0n) is 11.6. The van der Waals surface area contributed by atoms with Crippen LogP contribution in [0.5, 0.6) is 0 Å². The first-order valence-electron chi connectivity index (χ1n) is 6.55. The van der Waals surface area contributed by atoms with Crippen molar-refractivity contribution in [2.45, 2.75) is 51.1 Å². The molecule has 0 amide bonds. The van der Waals surface area contributed by atoms with Crippen LogP contribution in [-0.2, 0) is 9.53 Å². The average Bonchev–Trinajstić information content (AvgIpc) is 2.74. The maximum Gasteiger partial charge on any atom is 0.325 e. The first-order valence-corrected chi connectivity index (χ1v) is 6.55. The maximum atomic E-state index is 11.7. The van der Waals surface area contributed by atoms with Gasteiger partial charge < -0.3 is 15.0 Å². The molecule has 17 heavy (non-hydrogen) atoms. The van der Waals surface area contributed by atoms with E-state index in [-0.39, 0.29) is 5.97 Å². The molecule has 0 aromatic rings. The number of hydrogen-bond acceptors (Lipinski definition) is 4. The zero-order chi connectivity index (χ0) is 12.9. The van der Waals surface area contributed by atoms with Crippen molar-refractivity contribution < 1.29 is 9.53 Å². The minimum atomic E-state index is -0.544. The van der Waals surface area contributed by atoms with Crippen LogP contribution >= 0.6 is 0 Å². The highest BCUT2D eigenvalue weighted by Gasteiger charge is 2.32. The van der Waals surface area contributed by atoms with Gasteiger partial charge in [0, 0.05) is 6.04 Å². The van der Waals surface area contributed by atoms with Gasteiger partial charge in [-0.3, -0.25) is 4.79 Å². The number of carbonyl (C=O) groups is 1. The van der Waals surface area contributed by atoms with E-state index in [0.29, 0.717) is 6.04 Å². The summed E-state index contributed by atoms with van der Waals surface area (Å²) >= 11 is 0. The number of ether oxygens (including phenoxy) is 1. The molecule has 0 aromatic heterocycles. The van der Waals surface area contributed by atoms with E-state index in [1.807, 2.05) is 14.0 Å². The van der Waals surface area contributed by atoms with E-state index in [9.17, 15) is 4.79 Å². The predicted molar refractivity (Wildman–Crippen MR) is 69.0 cm³/mol. The number of nitrogens with one attached hydrogen (secondary N) is 1. The van der Waals surface area contributed by atoms with Crippen molar-refractivity contribution >= 4 is 5.97 Å². The Kier molecular flexibility index (Phi) is 5.40. The second-order valence-electron chi connectivity index (χ2n) is 5.20. The molecule has 100 valence electrons. The number of hydrogen-bond donors (Lipinski definition) is 1. The molecule has 1 aliphatic rings. The summed E-state index contributed by atoms with van der Waals surface area (Å²) in [7, 11) is 3.26. The Hall–Kier alpha value is -0.610. The van der Waals surface area contributed by atoms with Crippen LogP contribution < -0.4 is 5.32 Å². The summed E-state index contributed by atoms with van der Waals surface area (Å²) in [6, 6.07) is 0.703. The Morgan fingerprint density at radius 3 is 2.76 bits per heavy atom. The second-order valence-corrected chi connectivity index (χ2v) is 5.20. The average molecular weight is 242 g/mol. The molecule has 1 heterocycles. The lowest BCUT2D eigenvalue weighted by Crippen LogP contribution is -2.48. The van der Waals surface area contributed by atoms with Crippen LogP contribution in [0.4, 0.5) is 0 Å². The van der Waals surface area contributed by atoms with Crippen LogP contribution in [0.1, 0.15) is 39.5 Å².